The van der Waals surface area contributed by atoms with Crippen molar-refractivity contribution in [3.05, 3.63) is 17.8 Å². The highest BCUT2D eigenvalue weighted by Gasteiger charge is 2.21. The molecule has 0 aliphatic carbocycles. The minimum absolute atomic E-state index is 0.408. The van der Waals surface area contributed by atoms with Crippen LogP contribution in [0.1, 0.15) is 12.5 Å². The summed E-state index contributed by atoms with van der Waals surface area (Å²) in [4.78, 5) is 6.14. The van der Waals surface area contributed by atoms with E-state index in [0.717, 1.165) is 5.56 Å². The van der Waals surface area contributed by atoms with Gasteiger partial charge in [-0.05, 0) is 39.6 Å². The number of aliphatic hydroxyl groups is 1. The number of hydrogen-bond donors (Lipinski definition) is 3. The van der Waals surface area contributed by atoms with Gasteiger partial charge >= 0.3 is 0 Å². The number of nitrogen functional groups attached to an aromatic ring is 1. The molecule has 1 aromatic heterocycles. The zero-order valence-corrected chi connectivity index (χ0v) is 11.0. The van der Waals surface area contributed by atoms with E-state index < -0.39 is 5.60 Å². The van der Waals surface area contributed by atoms with Crippen molar-refractivity contribution in [2.75, 3.05) is 38.2 Å². The topological polar surface area (TPSA) is 74.4 Å². The fourth-order valence-corrected chi connectivity index (χ4v) is 1.75. The van der Waals surface area contributed by atoms with Crippen LogP contribution in [0.25, 0.3) is 0 Å². The number of nitrogens with zero attached hydrogens (tertiary/aromatic N) is 2. The van der Waals surface area contributed by atoms with Gasteiger partial charge in [0, 0.05) is 19.3 Å². The summed E-state index contributed by atoms with van der Waals surface area (Å²) in [6.45, 7) is 4.71. The molecule has 0 fully saturated rings. The van der Waals surface area contributed by atoms with Crippen LogP contribution in [0, 0.1) is 6.92 Å². The first-order chi connectivity index (χ1) is 7.80. The van der Waals surface area contributed by atoms with Gasteiger partial charge in [-0.25, -0.2) is 4.98 Å². The number of likely N-dealkylation sites (N-methyl/N-ethyl adjacent to an activating group) is 1. The van der Waals surface area contributed by atoms with E-state index in [-0.39, 0.29) is 0 Å². The van der Waals surface area contributed by atoms with Gasteiger partial charge in [-0.1, -0.05) is 0 Å². The van der Waals surface area contributed by atoms with Crippen molar-refractivity contribution in [3.8, 4) is 0 Å². The molecule has 17 heavy (non-hydrogen) atoms. The second-order valence-electron chi connectivity index (χ2n) is 5.04. The Balaban J connectivity index is 2.61. The molecular formula is C12H22N4O. The van der Waals surface area contributed by atoms with Gasteiger partial charge in [0.15, 0.2) is 0 Å². The molecule has 1 unspecified atom stereocenters. The van der Waals surface area contributed by atoms with Crippen LogP contribution in [0.3, 0.4) is 0 Å². The number of pyridine rings is 1. The number of nitrogens with two attached hydrogens (primary N) is 1. The Morgan fingerprint density at radius 1 is 1.53 bits per heavy atom. The van der Waals surface area contributed by atoms with Crippen LogP contribution in [-0.2, 0) is 0 Å². The third-order valence-electron chi connectivity index (χ3n) is 2.35. The fraction of sp³-hybridized carbons (Fsp3) is 0.583. The first-order valence-corrected chi connectivity index (χ1v) is 5.63. The zero-order chi connectivity index (χ0) is 13.1. The van der Waals surface area contributed by atoms with Gasteiger partial charge in [0.05, 0.1) is 11.3 Å². The molecule has 0 aromatic carbocycles. The van der Waals surface area contributed by atoms with E-state index in [9.17, 15) is 5.11 Å². The third kappa shape index (κ3) is 4.58. The Morgan fingerprint density at radius 2 is 2.18 bits per heavy atom. The van der Waals surface area contributed by atoms with Crippen LogP contribution < -0.4 is 11.1 Å². The number of aryl methyl sites for hydroxylation is 1. The molecule has 5 nitrogen and oxygen atoms in total. The maximum Gasteiger partial charge on any atom is 0.149 e. The van der Waals surface area contributed by atoms with Gasteiger partial charge in [0.1, 0.15) is 5.82 Å². The lowest BCUT2D eigenvalue weighted by Crippen LogP contribution is -2.43. The molecule has 0 radical (unpaired) electrons. The summed E-state index contributed by atoms with van der Waals surface area (Å²) < 4.78 is 0. The Morgan fingerprint density at radius 3 is 2.71 bits per heavy atom. The number of anilines is 2. The van der Waals surface area contributed by atoms with Crippen molar-refractivity contribution in [3.63, 3.8) is 0 Å². The van der Waals surface area contributed by atoms with E-state index in [1.54, 1.807) is 13.1 Å². The predicted molar refractivity (Wildman–Crippen MR) is 71.1 cm³/mol. The first kappa shape index (κ1) is 13.7. The number of aromatic nitrogens is 1. The molecule has 1 heterocycles. The lowest BCUT2D eigenvalue weighted by molar-refractivity contribution is 0.0459. The quantitative estimate of drug-likeness (QED) is 0.704. The summed E-state index contributed by atoms with van der Waals surface area (Å²) in [5.74, 6) is 0.620. The van der Waals surface area contributed by atoms with Gasteiger partial charge in [0.2, 0.25) is 0 Å². The average Bonchev–Trinajstić information content (AvgIpc) is 2.14. The van der Waals surface area contributed by atoms with Gasteiger partial charge < -0.3 is 21.1 Å². The van der Waals surface area contributed by atoms with Gasteiger partial charge in [0.25, 0.3) is 0 Å². The van der Waals surface area contributed by atoms with Crippen LogP contribution in [-0.4, -0.2) is 47.8 Å². The first-order valence-electron chi connectivity index (χ1n) is 5.63. The molecule has 0 saturated carbocycles. The molecular weight excluding hydrogens is 216 g/mol. The van der Waals surface area contributed by atoms with E-state index in [1.165, 1.54) is 0 Å². The second kappa shape index (κ2) is 5.33. The molecule has 96 valence electrons. The summed E-state index contributed by atoms with van der Waals surface area (Å²) in [5, 5.41) is 13.2. The van der Waals surface area contributed by atoms with E-state index in [0.29, 0.717) is 24.6 Å². The van der Waals surface area contributed by atoms with Crippen molar-refractivity contribution < 1.29 is 5.11 Å². The Kier molecular flexibility index (Phi) is 4.31. The molecule has 4 N–H and O–H groups in total. The van der Waals surface area contributed by atoms with Crippen LogP contribution in [0.5, 0.6) is 0 Å². The molecule has 1 atom stereocenters. The Hall–Kier alpha value is -1.33. The summed E-state index contributed by atoms with van der Waals surface area (Å²) in [5.41, 5.74) is 6.64. The summed E-state index contributed by atoms with van der Waals surface area (Å²) in [6.07, 6.45) is 1.75. The van der Waals surface area contributed by atoms with Gasteiger partial charge in [-0.15, -0.1) is 0 Å². The molecule has 0 bridgehead atoms. The normalized spacial score (nSPS) is 14.7. The highest BCUT2D eigenvalue weighted by atomic mass is 16.3. The van der Waals surface area contributed by atoms with Crippen molar-refractivity contribution in [2.24, 2.45) is 0 Å². The van der Waals surface area contributed by atoms with Crippen molar-refractivity contribution in [1.82, 2.24) is 9.88 Å². The van der Waals surface area contributed by atoms with E-state index in [1.807, 2.05) is 32.0 Å². The molecule has 0 aliphatic rings. The van der Waals surface area contributed by atoms with Crippen LogP contribution in [0.15, 0.2) is 12.3 Å². The molecule has 0 amide bonds. The van der Waals surface area contributed by atoms with Crippen LogP contribution >= 0.6 is 0 Å². The number of hydrogen-bond acceptors (Lipinski definition) is 5. The number of nitrogens with one attached hydrogen (secondary N) is 1. The van der Waals surface area contributed by atoms with Crippen LogP contribution in [0.4, 0.5) is 11.5 Å². The second-order valence-corrected chi connectivity index (χ2v) is 5.04. The molecule has 5 heteroatoms. The van der Waals surface area contributed by atoms with E-state index in [2.05, 4.69) is 10.3 Å². The predicted octanol–water partition coefficient (Wildman–Crippen LogP) is 0.697. The summed E-state index contributed by atoms with van der Waals surface area (Å²) >= 11 is 0. The van der Waals surface area contributed by atoms with Crippen LogP contribution in [0.2, 0.25) is 0 Å². The largest absolute Gasteiger partial charge is 0.396 e. The van der Waals surface area contributed by atoms with E-state index in [4.69, 9.17) is 5.73 Å². The molecule has 0 saturated heterocycles. The monoisotopic (exact) mass is 238 g/mol. The molecule has 0 spiro atoms. The standard InChI is InChI=1S/C12H22N4O/c1-9-5-10(13)11(14-6-9)15-7-12(2,17)8-16(3)4/h5-6,17H,7-8,13H2,1-4H3,(H,14,15). The smallest absolute Gasteiger partial charge is 0.149 e. The molecule has 1 rings (SSSR count). The van der Waals surface area contributed by atoms with Crippen molar-refractivity contribution in [2.45, 2.75) is 19.4 Å². The van der Waals surface area contributed by atoms with E-state index >= 15 is 0 Å². The van der Waals surface area contributed by atoms with Gasteiger partial charge in [-0.2, -0.15) is 0 Å². The Bertz CT molecular complexity index is 377. The van der Waals surface area contributed by atoms with Crippen molar-refractivity contribution >= 4 is 11.5 Å². The van der Waals surface area contributed by atoms with Crippen molar-refractivity contribution in [1.29, 1.82) is 0 Å². The average molecular weight is 238 g/mol. The molecule has 1 aromatic rings. The summed E-state index contributed by atoms with van der Waals surface area (Å²) in [6, 6.07) is 1.86. The number of rotatable bonds is 5. The third-order valence-corrected chi connectivity index (χ3v) is 2.35. The SMILES string of the molecule is Cc1cnc(NCC(C)(O)CN(C)C)c(N)c1. The highest BCUT2D eigenvalue weighted by Crippen LogP contribution is 2.17. The maximum atomic E-state index is 10.1. The lowest BCUT2D eigenvalue weighted by Gasteiger charge is -2.27. The minimum Gasteiger partial charge on any atom is -0.396 e. The highest BCUT2D eigenvalue weighted by molar-refractivity contribution is 5.61. The van der Waals surface area contributed by atoms with Gasteiger partial charge in [-0.3, -0.25) is 0 Å². The zero-order valence-electron chi connectivity index (χ0n) is 11.0. The fourth-order valence-electron chi connectivity index (χ4n) is 1.75. The minimum atomic E-state index is -0.817. The molecule has 0 aliphatic heterocycles. The Labute approximate surface area is 103 Å². The maximum absolute atomic E-state index is 10.1. The lowest BCUT2D eigenvalue weighted by atomic mass is 10.1. The summed E-state index contributed by atoms with van der Waals surface area (Å²) in [7, 11) is 3.85.